The Morgan fingerprint density at radius 1 is 1.12 bits per heavy atom. The topological polar surface area (TPSA) is 37.6 Å². The van der Waals surface area contributed by atoms with E-state index in [0.29, 0.717) is 26.5 Å². The van der Waals surface area contributed by atoms with Crippen LogP contribution in [0.15, 0.2) is 62.9 Å². The van der Waals surface area contributed by atoms with E-state index in [4.69, 9.17) is 11.6 Å². The van der Waals surface area contributed by atoms with Crippen LogP contribution in [0.2, 0.25) is 5.02 Å². The molecule has 1 saturated heterocycles. The van der Waals surface area contributed by atoms with Gasteiger partial charge in [-0.1, -0.05) is 17.7 Å². The molecule has 2 aromatic carbocycles. The molecular weight excluding hydrogens is 551 g/mol. The average Bonchev–Trinajstić information content (AvgIpc) is 3.20. The van der Waals surface area contributed by atoms with Crippen LogP contribution in [0.5, 0.6) is 0 Å². The summed E-state index contributed by atoms with van der Waals surface area (Å²) >= 11 is 10.7. The van der Waals surface area contributed by atoms with E-state index in [9.17, 15) is 18.0 Å². The summed E-state index contributed by atoms with van der Waals surface area (Å²) in [6.07, 6.45) is -2.69. The molecule has 1 aliphatic rings. The van der Waals surface area contributed by atoms with Gasteiger partial charge < -0.3 is 4.57 Å². The number of aryl methyl sites for hydroxylation is 1. The summed E-state index contributed by atoms with van der Waals surface area (Å²) in [6, 6.07) is 12.3. The fourth-order valence-electron chi connectivity index (χ4n) is 3.61. The van der Waals surface area contributed by atoms with Gasteiger partial charge in [-0.05, 0) is 95.6 Å². The maximum atomic E-state index is 13.2. The standard InChI is InChI=1S/C24H18BrClF3N3OS/c1-13-9-15(14(2)32(13)18-6-4-5-16(11-18)24(27,28)29)10-21-22(33)31(3)23(34-21)30-17-7-8-19(25)20(26)12-17/h4-12H,1-3H3/b21-10+,30-23?. The molecule has 0 N–H and O–H groups in total. The second-order valence-electron chi connectivity index (χ2n) is 7.68. The minimum atomic E-state index is -4.43. The monoisotopic (exact) mass is 567 g/mol. The summed E-state index contributed by atoms with van der Waals surface area (Å²) in [5.41, 5.74) is 2.53. The van der Waals surface area contributed by atoms with Crippen LogP contribution in [0.4, 0.5) is 18.9 Å². The number of halogens is 5. The molecule has 0 unspecified atom stereocenters. The van der Waals surface area contributed by atoms with Crippen LogP contribution in [0.1, 0.15) is 22.5 Å². The third-order valence-electron chi connectivity index (χ3n) is 5.32. The minimum Gasteiger partial charge on any atom is -0.318 e. The van der Waals surface area contributed by atoms with Gasteiger partial charge in [-0.15, -0.1) is 0 Å². The number of benzene rings is 2. The Morgan fingerprint density at radius 3 is 2.53 bits per heavy atom. The number of hydrogen-bond acceptors (Lipinski definition) is 3. The summed E-state index contributed by atoms with van der Waals surface area (Å²) in [4.78, 5) is 19.3. The normalized spacial score (nSPS) is 16.8. The lowest BCUT2D eigenvalue weighted by Gasteiger charge is -2.13. The fraction of sp³-hybridized carbons (Fsp3) is 0.167. The summed E-state index contributed by atoms with van der Waals surface area (Å²) in [5, 5.41) is 1.01. The van der Waals surface area contributed by atoms with Crippen molar-refractivity contribution in [2.45, 2.75) is 20.0 Å². The minimum absolute atomic E-state index is 0.212. The van der Waals surface area contributed by atoms with Gasteiger partial charge in [0, 0.05) is 28.6 Å². The van der Waals surface area contributed by atoms with Crippen molar-refractivity contribution < 1.29 is 18.0 Å². The van der Waals surface area contributed by atoms with Crippen molar-refractivity contribution >= 4 is 62.1 Å². The number of likely N-dealkylation sites (N-methyl/N-ethyl adjacent to an activating group) is 1. The summed E-state index contributed by atoms with van der Waals surface area (Å²) in [6.45, 7) is 3.63. The number of aromatic nitrogens is 1. The van der Waals surface area contributed by atoms with Crippen molar-refractivity contribution in [1.82, 2.24) is 9.47 Å². The van der Waals surface area contributed by atoms with E-state index in [1.54, 1.807) is 42.0 Å². The Morgan fingerprint density at radius 2 is 1.85 bits per heavy atom. The zero-order valence-corrected chi connectivity index (χ0v) is 21.4. The van der Waals surface area contributed by atoms with Gasteiger partial charge in [-0.2, -0.15) is 13.2 Å². The molecule has 34 heavy (non-hydrogen) atoms. The number of nitrogens with zero attached hydrogens (tertiary/aromatic N) is 3. The number of rotatable bonds is 3. The number of amidine groups is 1. The number of carbonyl (C=O) groups is 1. The molecule has 0 saturated carbocycles. The molecule has 1 amide bonds. The predicted octanol–water partition coefficient (Wildman–Crippen LogP) is 7.76. The van der Waals surface area contributed by atoms with Crippen molar-refractivity contribution in [3.8, 4) is 5.69 Å². The van der Waals surface area contributed by atoms with Crippen LogP contribution < -0.4 is 0 Å². The summed E-state index contributed by atoms with van der Waals surface area (Å²) in [7, 11) is 1.64. The van der Waals surface area contributed by atoms with Gasteiger partial charge in [-0.3, -0.25) is 9.69 Å². The number of aliphatic imine (C=N–C) groups is 1. The molecule has 10 heteroatoms. The Kier molecular flexibility index (Phi) is 6.72. The third-order valence-corrected chi connectivity index (χ3v) is 7.61. The Bertz CT molecular complexity index is 1360. The van der Waals surface area contributed by atoms with Crippen LogP contribution in [-0.4, -0.2) is 27.6 Å². The van der Waals surface area contributed by atoms with E-state index in [0.717, 1.165) is 33.6 Å². The molecule has 4 rings (SSSR count). The first-order chi connectivity index (χ1) is 16.0. The maximum absolute atomic E-state index is 13.2. The van der Waals surface area contributed by atoms with E-state index in [1.165, 1.54) is 22.7 Å². The molecular formula is C24H18BrClF3N3OS. The molecule has 3 aromatic rings. The van der Waals surface area contributed by atoms with Crippen LogP contribution in [-0.2, 0) is 11.0 Å². The summed E-state index contributed by atoms with van der Waals surface area (Å²) < 4.78 is 42.1. The lowest BCUT2D eigenvalue weighted by molar-refractivity contribution is -0.137. The maximum Gasteiger partial charge on any atom is 0.416 e. The quantitative estimate of drug-likeness (QED) is 0.303. The van der Waals surface area contributed by atoms with E-state index < -0.39 is 11.7 Å². The number of carbonyl (C=O) groups excluding carboxylic acids is 1. The molecule has 1 aromatic heterocycles. The number of thioether (sulfide) groups is 1. The highest BCUT2D eigenvalue weighted by Crippen LogP contribution is 2.36. The van der Waals surface area contributed by atoms with Crippen molar-refractivity contribution in [3.05, 3.63) is 85.4 Å². The van der Waals surface area contributed by atoms with Gasteiger partial charge in [0.1, 0.15) is 0 Å². The van der Waals surface area contributed by atoms with Crippen LogP contribution in [0.25, 0.3) is 11.8 Å². The fourth-order valence-corrected chi connectivity index (χ4v) is 5.01. The third kappa shape index (κ3) is 4.82. The Hall–Kier alpha value is -2.49. The molecule has 1 aliphatic heterocycles. The molecule has 0 spiro atoms. The molecule has 4 nitrogen and oxygen atoms in total. The van der Waals surface area contributed by atoms with E-state index in [1.807, 2.05) is 19.9 Å². The molecule has 2 heterocycles. The largest absolute Gasteiger partial charge is 0.416 e. The van der Waals surface area contributed by atoms with Gasteiger partial charge >= 0.3 is 6.18 Å². The van der Waals surface area contributed by atoms with E-state index in [-0.39, 0.29) is 5.91 Å². The van der Waals surface area contributed by atoms with Crippen LogP contribution in [0.3, 0.4) is 0 Å². The first-order valence-electron chi connectivity index (χ1n) is 10.0. The lowest BCUT2D eigenvalue weighted by atomic mass is 10.2. The summed E-state index contributed by atoms with van der Waals surface area (Å²) in [5.74, 6) is -0.212. The highest BCUT2D eigenvalue weighted by atomic mass is 79.9. The van der Waals surface area contributed by atoms with Gasteiger partial charge in [0.05, 0.1) is 21.2 Å². The van der Waals surface area contributed by atoms with Gasteiger partial charge in [-0.25, -0.2) is 4.99 Å². The molecule has 0 radical (unpaired) electrons. The number of amides is 1. The van der Waals surface area contributed by atoms with E-state index in [2.05, 4.69) is 20.9 Å². The predicted molar refractivity (Wildman–Crippen MR) is 135 cm³/mol. The first-order valence-corrected chi connectivity index (χ1v) is 12.0. The second-order valence-corrected chi connectivity index (χ2v) is 9.95. The number of alkyl halides is 3. The van der Waals surface area contributed by atoms with Crippen molar-refractivity contribution in [1.29, 1.82) is 0 Å². The molecule has 1 fully saturated rings. The number of hydrogen-bond donors (Lipinski definition) is 0. The highest BCUT2D eigenvalue weighted by Gasteiger charge is 2.32. The van der Waals surface area contributed by atoms with Gasteiger partial charge in [0.15, 0.2) is 5.17 Å². The Labute approximate surface area is 212 Å². The van der Waals surface area contributed by atoms with Gasteiger partial charge in [0.2, 0.25) is 0 Å². The van der Waals surface area contributed by atoms with Gasteiger partial charge in [0.25, 0.3) is 5.91 Å². The van der Waals surface area contributed by atoms with Crippen molar-refractivity contribution in [3.63, 3.8) is 0 Å². The van der Waals surface area contributed by atoms with Crippen molar-refractivity contribution in [2.75, 3.05) is 7.05 Å². The Balaban J connectivity index is 1.68. The highest BCUT2D eigenvalue weighted by molar-refractivity contribution is 9.10. The smallest absolute Gasteiger partial charge is 0.318 e. The van der Waals surface area contributed by atoms with Crippen LogP contribution >= 0.6 is 39.3 Å². The molecule has 0 bridgehead atoms. The molecule has 176 valence electrons. The second kappa shape index (κ2) is 9.28. The lowest BCUT2D eigenvalue weighted by Crippen LogP contribution is -2.23. The average molecular weight is 569 g/mol. The van der Waals surface area contributed by atoms with E-state index >= 15 is 0 Å². The van der Waals surface area contributed by atoms with Crippen molar-refractivity contribution in [2.24, 2.45) is 4.99 Å². The first kappa shape index (κ1) is 24.6. The van der Waals surface area contributed by atoms with Crippen LogP contribution in [0, 0.1) is 13.8 Å². The molecule has 0 atom stereocenters. The zero-order valence-electron chi connectivity index (χ0n) is 18.2. The molecule has 0 aliphatic carbocycles. The zero-order chi connectivity index (χ0) is 24.8. The SMILES string of the molecule is Cc1cc(/C=C2/SC(=Nc3ccc(Br)c(Cl)c3)N(C)C2=O)c(C)n1-c1cccc(C(F)(F)F)c1.